The van der Waals surface area contributed by atoms with Gasteiger partial charge in [0.2, 0.25) is 0 Å². The molecule has 0 bridgehead atoms. The number of ketones is 2. The van der Waals surface area contributed by atoms with Crippen LogP contribution in [0.1, 0.15) is 66.8 Å². The molecule has 0 unspecified atom stereocenters. The second-order valence-corrected chi connectivity index (χ2v) is 8.58. The molecule has 1 saturated carbocycles. The van der Waals surface area contributed by atoms with Gasteiger partial charge in [0.1, 0.15) is 5.78 Å². The van der Waals surface area contributed by atoms with Crippen LogP contribution in [0, 0.1) is 5.92 Å². The van der Waals surface area contributed by atoms with Gasteiger partial charge in [-0.15, -0.1) is 0 Å². The molecule has 0 spiro atoms. The highest BCUT2D eigenvalue weighted by Gasteiger charge is 2.32. The van der Waals surface area contributed by atoms with E-state index in [1.54, 1.807) is 24.3 Å². The summed E-state index contributed by atoms with van der Waals surface area (Å²) in [4.78, 5) is 25.9. The summed E-state index contributed by atoms with van der Waals surface area (Å²) in [6.45, 7) is 0. The first kappa shape index (κ1) is 20.3. The molecule has 3 rings (SSSR count). The minimum absolute atomic E-state index is 0.0577. The highest BCUT2D eigenvalue weighted by molar-refractivity contribution is 9.10. The number of halogens is 2. The van der Waals surface area contributed by atoms with Crippen LogP contribution in [0.2, 0.25) is 5.02 Å². The van der Waals surface area contributed by atoms with Crippen LogP contribution in [0.3, 0.4) is 0 Å². The SMILES string of the molecule is O=C(C[C@H](c1ccccc1Br)[C@@H]1CCCCCCC1=O)c1ccc(Cl)cc1. The fourth-order valence-corrected chi connectivity index (χ4v) is 4.69. The Kier molecular flexibility index (Phi) is 7.26. The molecule has 0 heterocycles. The Hall–Kier alpha value is -1.45. The Balaban J connectivity index is 1.91. The van der Waals surface area contributed by atoms with E-state index < -0.39 is 0 Å². The lowest BCUT2D eigenvalue weighted by molar-refractivity contribution is -0.124. The third-order valence-electron chi connectivity index (χ3n) is 5.46. The standard InChI is InChI=1S/C23H24BrClO2/c24-21-9-6-5-7-18(21)20(19-8-3-1-2-4-10-22(19)26)15-23(27)16-11-13-17(25)14-12-16/h5-7,9,11-14,19-20H,1-4,8,10,15H2/t19-,20+/m0/s1. The Morgan fingerprint density at radius 1 is 1.04 bits per heavy atom. The largest absolute Gasteiger partial charge is 0.299 e. The Morgan fingerprint density at radius 2 is 1.74 bits per heavy atom. The molecule has 2 nitrogen and oxygen atoms in total. The zero-order chi connectivity index (χ0) is 19.2. The topological polar surface area (TPSA) is 34.1 Å². The average molecular weight is 448 g/mol. The molecule has 142 valence electrons. The van der Waals surface area contributed by atoms with Gasteiger partial charge in [0.15, 0.2) is 5.78 Å². The number of hydrogen-bond acceptors (Lipinski definition) is 2. The molecular weight excluding hydrogens is 424 g/mol. The van der Waals surface area contributed by atoms with Crippen molar-refractivity contribution in [1.29, 1.82) is 0 Å². The first-order valence-corrected chi connectivity index (χ1v) is 10.8. The van der Waals surface area contributed by atoms with Crippen molar-refractivity contribution in [2.24, 2.45) is 5.92 Å². The van der Waals surface area contributed by atoms with E-state index in [0.717, 1.165) is 42.1 Å². The Morgan fingerprint density at radius 3 is 2.48 bits per heavy atom. The van der Waals surface area contributed by atoms with Crippen LogP contribution in [0.25, 0.3) is 0 Å². The summed E-state index contributed by atoms with van der Waals surface area (Å²) < 4.78 is 0.966. The molecule has 4 heteroatoms. The van der Waals surface area contributed by atoms with E-state index in [4.69, 9.17) is 11.6 Å². The molecule has 0 saturated heterocycles. The van der Waals surface area contributed by atoms with Crippen LogP contribution >= 0.6 is 27.5 Å². The zero-order valence-electron chi connectivity index (χ0n) is 15.3. The number of rotatable bonds is 5. The molecule has 1 fully saturated rings. The van der Waals surface area contributed by atoms with Gasteiger partial charge in [-0.1, -0.05) is 65.0 Å². The van der Waals surface area contributed by atoms with Crippen molar-refractivity contribution in [2.45, 2.75) is 50.9 Å². The predicted molar refractivity (Wildman–Crippen MR) is 113 cm³/mol. The predicted octanol–water partition coefficient (Wildman–Crippen LogP) is 7.00. The van der Waals surface area contributed by atoms with Crippen molar-refractivity contribution in [3.05, 3.63) is 69.2 Å². The van der Waals surface area contributed by atoms with E-state index in [9.17, 15) is 9.59 Å². The van der Waals surface area contributed by atoms with E-state index in [2.05, 4.69) is 15.9 Å². The summed E-state index contributed by atoms with van der Waals surface area (Å²) in [6.07, 6.45) is 6.12. The van der Waals surface area contributed by atoms with Crippen LogP contribution in [-0.4, -0.2) is 11.6 Å². The van der Waals surface area contributed by atoms with Crippen LogP contribution < -0.4 is 0 Å². The van der Waals surface area contributed by atoms with Crippen molar-refractivity contribution >= 4 is 39.1 Å². The summed E-state index contributed by atoms with van der Waals surface area (Å²) in [6, 6.07) is 15.0. The van der Waals surface area contributed by atoms with Gasteiger partial charge in [-0.25, -0.2) is 0 Å². The first-order valence-electron chi connectivity index (χ1n) is 9.62. The minimum Gasteiger partial charge on any atom is -0.299 e. The average Bonchev–Trinajstić information content (AvgIpc) is 2.65. The summed E-state index contributed by atoms with van der Waals surface area (Å²) in [5.74, 6) is 0.163. The number of Topliss-reactive ketones (excluding diaryl/α,β-unsaturated/α-hetero) is 2. The van der Waals surface area contributed by atoms with Crippen molar-refractivity contribution in [2.75, 3.05) is 0 Å². The number of hydrogen-bond donors (Lipinski definition) is 0. The number of benzene rings is 2. The van der Waals surface area contributed by atoms with Crippen molar-refractivity contribution in [1.82, 2.24) is 0 Å². The summed E-state index contributed by atoms with van der Waals surface area (Å²) in [5, 5.41) is 0.615. The van der Waals surface area contributed by atoms with Gasteiger partial charge < -0.3 is 0 Å². The van der Waals surface area contributed by atoms with Crippen LogP contribution in [0.4, 0.5) is 0 Å². The Labute approximate surface area is 174 Å². The smallest absolute Gasteiger partial charge is 0.163 e. The maximum atomic E-state index is 13.0. The molecule has 2 aromatic rings. The molecule has 0 radical (unpaired) electrons. The highest BCUT2D eigenvalue weighted by Crippen LogP contribution is 2.39. The summed E-state index contributed by atoms with van der Waals surface area (Å²) >= 11 is 9.59. The maximum Gasteiger partial charge on any atom is 0.163 e. The first-order chi connectivity index (χ1) is 13.1. The van der Waals surface area contributed by atoms with Crippen LogP contribution in [0.5, 0.6) is 0 Å². The molecule has 2 atom stereocenters. The van der Waals surface area contributed by atoms with Gasteiger partial charge in [0, 0.05) is 39.7 Å². The third-order valence-corrected chi connectivity index (χ3v) is 6.44. The van der Waals surface area contributed by atoms with Crippen molar-refractivity contribution in [3.8, 4) is 0 Å². The minimum atomic E-state index is -0.102. The summed E-state index contributed by atoms with van der Waals surface area (Å²) in [5.41, 5.74) is 1.70. The lowest BCUT2D eigenvalue weighted by atomic mass is 9.75. The zero-order valence-corrected chi connectivity index (χ0v) is 17.6. The van der Waals surface area contributed by atoms with E-state index in [1.165, 1.54) is 0 Å². The van der Waals surface area contributed by atoms with E-state index >= 15 is 0 Å². The second kappa shape index (κ2) is 9.66. The van der Waals surface area contributed by atoms with Gasteiger partial charge in [-0.3, -0.25) is 9.59 Å². The molecule has 2 aromatic carbocycles. The molecule has 1 aliphatic rings. The molecule has 27 heavy (non-hydrogen) atoms. The van der Waals surface area contributed by atoms with Gasteiger partial charge in [0.05, 0.1) is 0 Å². The molecule has 0 aromatic heterocycles. The van der Waals surface area contributed by atoms with E-state index in [0.29, 0.717) is 29.2 Å². The molecule has 1 aliphatic carbocycles. The monoisotopic (exact) mass is 446 g/mol. The molecule has 0 N–H and O–H groups in total. The number of carbonyl (C=O) groups excluding carboxylic acids is 2. The van der Waals surface area contributed by atoms with E-state index in [1.807, 2.05) is 24.3 Å². The van der Waals surface area contributed by atoms with Gasteiger partial charge in [-0.05, 0) is 48.7 Å². The molecule has 0 aliphatic heterocycles. The Bertz CT molecular complexity index is 800. The summed E-state index contributed by atoms with van der Waals surface area (Å²) in [7, 11) is 0. The lowest BCUT2D eigenvalue weighted by Gasteiger charge is -2.28. The quantitative estimate of drug-likeness (QED) is 0.462. The van der Waals surface area contributed by atoms with Gasteiger partial charge in [-0.2, -0.15) is 0 Å². The van der Waals surface area contributed by atoms with Crippen LogP contribution in [-0.2, 0) is 4.79 Å². The number of carbonyl (C=O) groups is 2. The molecule has 0 amide bonds. The fourth-order valence-electron chi connectivity index (χ4n) is 3.99. The van der Waals surface area contributed by atoms with Gasteiger partial charge in [0.25, 0.3) is 0 Å². The normalized spacial score (nSPS) is 19.2. The third kappa shape index (κ3) is 5.30. The maximum absolute atomic E-state index is 13.0. The van der Waals surface area contributed by atoms with E-state index in [-0.39, 0.29) is 17.6 Å². The second-order valence-electron chi connectivity index (χ2n) is 7.29. The lowest BCUT2D eigenvalue weighted by Crippen LogP contribution is -2.26. The molecular formula is C23H24BrClO2. The van der Waals surface area contributed by atoms with Gasteiger partial charge >= 0.3 is 0 Å². The van der Waals surface area contributed by atoms with Crippen LogP contribution in [0.15, 0.2) is 53.0 Å². The van der Waals surface area contributed by atoms with Crippen molar-refractivity contribution in [3.63, 3.8) is 0 Å². The van der Waals surface area contributed by atoms with Crippen molar-refractivity contribution < 1.29 is 9.59 Å². The highest BCUT2D eigenvalue weighted by atomic mass is 79.9. The fraction of sp³-hybridized carbons (Fsp3) is 0.391.